The summed E-state index contributed by atoms with van der Waals surface area (Å²) in [5.74, 6) is 0. The molecular weight excluding hydrogens is 186 g/mol. The van der Waals surface area contributed by atoms with Crippen molar-refractivity contribution in [3.63, 3.8) is 0 Å². The molecule has 1 heterocycles. The zero-order valence-electron chi connectivity index (χ0n) is 8.66. The summed E-state index contributed by atoms with van der Waals surface area (Å²) >= 11 is 0. The molecule has 0 unspecified atom stereocenters. The molecular formula is C9H19NO2S. The first-order chi connectivity index (χ1) is 5.94. The third-order valence-electron chi connectivity index (χ3n) is 2.79. The van der Waals surface area contributed by atoms with Crippen LogP contribution in [0.4, 0.5) is 0 Å². The van der Waals surface area contributed by atoms with Gasteiger partial charge in [0.05, 0.1) is 10.5 Å². The fourth-order valence-corrected chi connectivity index (χ4v) is 3.34. The van der Waals surface area contributed by atoms with Crippen molar-refractivity contribution < 1.29 is 8.42 Å². The highest BCUT2D eigenvalue weighted by atomic mass is 32.2. The molecule has 0 aromatic rings. The van der Waals surface area contributed by atoms with Crippen molar-refractivity contribution in [2.24, 2.45) is 0 Å². The molecule has 0 bridgehead atoms. The van der Waals surface area contributed by atoms with Gasteiger partial charge in [0, 0.05) is 0 Å². The second-order valence-corrected chi connectivity index (χ2v) is 6.93. The number of piperidine rings is 1. The van der Waals surface area contributed by atoms with Crippen LogP contribution in [0.2, 0.25) is 0 Å². The van der Waals surface area contributed by atoms with Gasteiger partial charge in [-0.25, -0.2) is 8.42 Å². The molecule has 1 fully saturated rings. The van der Waals surface area contributed by atoms with Crippen molar-refractivity contribution in [1.29, 1.82) is 0 Å². The minimum Gasteiger partial charge on any atom is -0.306 e. The molecule has 0 N–H and O–H groups in total. The lowest BCUT2D eigenvalue weighted by atomic mass is 10.1. The first-order valence-electron chi connectivity index (χ1n) is 4.86. The summed E-state index contributed by atoms with van der Waals surface area (Å²) in [7, 11) is -0.810. The van der Waals surface area contributed by atoms with E-state index in [0.29, 0.717) is 0 Å². The van der Waals surface area contributed by atoms with Gasteiger partial charge in [0.2, 0.25) is 0 Å². The number of hydrogen-bond acceptors (Lipinski definition) is 3. The summed E-state index contributed by atoms with van der Waals surface area (Å²) in [5.41, 5.74) is 0. The van der Waals surface area contributed by atoms with Gasteiger partial charge in [-0.1, -0.05) is 0 Å². The maximum atomic E-state index is 11.8. The molecule has 1 rings (SSSR count). The lowest BCUT2D eigenvalue weighted by Gasteiger charge is -2.29. The van der Waals surface area contributed by atoms with E-state index in [1.54, 1.807) is 13.8 Å². The Labute approximate surface area is 81.0 Å². The van der Waals surface area contributed by atoms with Crippen molar-refractivity contribution in [2.75, 3.05) is 20.1 Å². The summed E-state index contributed by atoms with van der Waals surface area (Å²) in [4.78, 5) is 2.19. The first-order valence-corrected chi connectivity index (χ1v) is 6.47. The van der Waals surface area contributed by atoms with Gasteiger partial charge >= 0.3 is 0 Å². The minimum absolute atomic E-state index is 0.0938. The second-order valence-electron chi connectivity index (χ2n) is 4.14. The fourth-order valence-electron chi connectivity index (χ4n) is 1.70. The van der Waals surface area contributed by atoms with E-state index in [1.165, 1.54) is 0 Å². The lowest BCUT2D eigenvalue weighted by Crippen LogP contribution is -2.39. The largest absolute Gasteiger partial charge is 0.306 e. The monoisotopic (exact) mass is 205 g/mol. The smallest absolute Gasteiger partial charge is 0.155 e. The van der Waals surface area contributed by atoms with Crippen LogP contribution in [0.3, 0.4) is 0 Å². The fraction of sp³-hybridized carbons (Fsp3) is 1.00. The predicted octanol–water partition coefficient (Wildman–Crippen LogP) is 0.904. The van der Waals surface area contributed by atoms with E-state index < -0.39 is 9.84 Å². The van der Waals surface area contributed by atoms with E-state index >= 15 is 0 Å². The van der Waals surface area contributed by atoms with Crippen molar-refractivity contribution in [3.05, 3.63) is 0 Å². The molecule has 1 saturated heterocycles. The van der Waals surface area contributed by atoms with E-state index in [2.05, 4.69) is 4.90 Å². The summed E-state index contributed by atoms with van der Waals surface area (Å²) in [6, 6.07) is 0. The van der Waals surface area contributed by atoms with E-state index in [9.17, 15) is 8.42 Å². The van der Waals surface area contributed by atoms with Crippen LogP contribution in [0, 0.1) is 0 Å². The average molecular weight is 205 g/mol. The van der Waals surface area contributed by atoms with Crippen molar-refractivity contribution in [3.8, 4) is 0 Å². The number of likely N-dealkylation sites (tertiary alicyclic amines) is 1. The van der Waals surface area contributed by atoms with Crippen LogP contribution in [0.15, 0.2) is 0 Å². The van der Waals surface area contributed by atoms with Crippen molar-refractivity contribution in [2.45, 2.75) is 37.2 Å². The summed E-state index contributed by atoms with van der Waals surface area (Å²) < 4.78 is 23.5. The third kappa shape index (κ3) is 2.44. The van der Waals surface area contributed by atoms with Crippen molar-refractivity contribution >= 4 is 9.84 Å². The van der Waals surface area contributed by atoms with Crippen LogP contribution in [0.5, 0.6) is 0 Å². The molecule has 78 valence electrons. The summed E-state index contributed by atoms with van der Waals surface area (Å²) in [6.45, 7) is 5.37. The minimum atomic E-state index is -2.85. The van der Waals surface area contributed by atoms with E-state index in [4.69, 9.17) is 0 Å². The standard InChI is InChI=1S/C9H19NO2S/c1-8(2)13(11,12)9-4-6-10(3)7-5-9/h8-9H,4-7H2,1-3H3. The molecule has 0 aromatic heterocycles. The SMILES string of the molecule is CC(C)S(=O)(=O)C1CCN(C)CC1. The topological polar surface area (TPSA) is 37.4 Å². The maximum absolute atomic E-state index is 11.8. The Bertz CT molecular complexity index is 251. The molecule has 4 heteroatoms. The van der Waals surface area contributed by atoms with Gasteiger partial charge in [-0.2, -0.15) is 0 Å². The van der Waals surface area contributed by atoms with Crippen LogP contribution in [0.1, 0.15) is 26.7 Å². The molecule has 1 aliphatic rings. The Hall–Kier alpha value is -0.0900. The Balaban J connectivity index is 2.64. The highest BCUT2D eigenvalue weighted by Gasteiger charge is 2.30. The highest BCUT2D eigenvalue weighted by Crippen LogP contribution is 2.20. The normalized spacial score (nSPS) is 22.5. The number of sulfone groups is 1. The molecule has 3 nitrogen and oxygen atoms in total. The molecule has 0 amide bonds. The molecule has 0 aliphatic carbocycles. The van der Waals surface area contributed by atoms with E-state index in [0.717, 1.165) is 25.9 Å². The van der Waals surface area contributed by atoms with Crippen LogP contribution in [-0.2, 0) is 9.84 Å². The first kappa shape index (κ1) is 11.0. The zero-order valence-corrected chi connectivity index (χ0v) is 9.47. The molecule has 1 aliphatic heterocycles. The van der Waals surface area contributed by atoms with Gasteiger partial charge in [-0.05, 0) is 46.8 Å². The molecule has 0 radical (unpaired) electrons. The van der Waals surface area contributed by atoms with Gasteiger partial charge in [0.1, 0.15) is 0 Å². The third-order valence-corrected chi connectivity index (χ3v) is 5.50. The number of nitrogens with zero attached hydrogens (tertiary/aromatic N) is 1. The molecule has 0 atom stereocenters. The lowest BCUT2D eigenvalue weighted by molar-refractivity contribution is 0.277. The van der Waals surface area contributed by atoms with Crippen molar-refractivity contribution in [1.82, 2.24) is 4.90 Å². The van der Waals surface area contributed by atoms with E-state index in [1.807, 2.05) is 7.05 Å². The Morgan fingerprint density at radius 1 is 1.23 bits per heavy atom. The Morgan fingerprint density at radius 2 is 1.69 bits per heavy atom. The quantitative estimate of drug-likeness (QED) is 0.672. The molecule has 0 aromatic carbocycles. The second kappa shape index (κ2) is 3.96. The van der Waals surface area contributed by atoms with Gasteiger partial charge in [0.15, 0.2) is 9.84 Å². The summed E-state index contributed by atoms with van der Waals surface area (Å²) in [6.07, 6.45) is 1.61. The average Bonchev–Trinajstić information content (AvgIpc) is 2.04. The molecule has 0 saturated carbocycles. The van der Waals surface area contributed by atoms with Crippen LogP contribution >= 0.6 is 0 Å². The van der Waals surface area contributed by atoms with Gasteiger partial charge in [-0.3, -0.25) is 0 Å². The number of hydrogen-bond donors (Lipinski definition) is 0. The molecule has 0 spiro atoms. The van der Waals surface area contributed by atoms with Gasteiger partial charge < -0.3 is 4.90 Å². The summed E-state index contributed by atoms with van der Waals surface area (Å²) in [5, 5.41) is -0.315. The van der Waals surface area contributed by atoms with Gasteiger partial charge in [0.25, 0.3) is 0 Å². The van der Waals surface area contributed by atoms with Crippen LogP contribution < -0.4 is 0 Å². The zero-order chi connectivity index (χ0) is 10.1. The van der Waals surface area contributed by atoms with Gasteiger partial charge in [-0.15, -0.1) is 0 Å². The Kier molecular flexibility index (Phi) is 3.35. The predicted molar refractivity (Wildman–Crippen MR) is 54.6 cm³/mol. The molecule has 13 heavy (non-hydrogen) atoms. The van der Waals surface area contributed by atoms with E-state index in [-0.39, 0.29) is 10.5 Å². The Morgan fingerprint density at radius 3 is 2.08 bits per heavy atom. The highest BCUT2D eigenvalue weighted by molar-refractivity contribution is 7.92. The number of rotatable bonds is 2. The maximum Gasteiger partial charge on any atom is 0.155 e. The van der Waals surface area contributed by atoms with Crippen LogP contribution in [0.25, 0.3) is 0 Å². The van der Waals surface area contributed by atoms with Crippen LogP contribution in [-0.4, -0.2) is 44.0 Å².